The van der Waals surface area contributed by atoms with Crippen molar-refractivity contribution in [1.82, 2.24) is 0 Å². The van der Waals surface area contributed by atoms with Gasteiger partial charge in [0.2, 0.25) is 6.10 Å². The van der Waals surface area contributed by atoms with Gasteiger partial charge in [-0.25, -0.2) is 8.42 Å². The summed E-state index contributed by atoms with van der Waals surface area (Å²) in [5.41, 5.74) is -8.11. The molecule has 5 aliphatic carbocycles. The Hall–Kier alpha value is -7.33. The van der Waals surface area contributed by atoms with Crippen LogP contribution in [-0.4, -0.2) is 113 Å². The number of phenolic OH excluding ortho intramolecular Hbond substituents is 1. The number of benzene rings is 5. The molecule has 7 fully saturated rings. The number of phenols is 1. The highest BCUT2D eigenvalue weighted by atomic mass is 32.2. The normalized spacial score (nSPS) is 22.4. The fourth-order valence-electron chi connectivity index (χ4n) is 14.9. The van der Waals surface area contributed by atoms with Gasteiger partial charge in [0, 0.05) is 53.3 Å². The lowest BCUT2D eigenvalue weighted by atomic mass is 9.48. The molecule has 13 rings (SSSR count). The van der Waals surface area contributed by atoms with E-state index in [2.05, 4.69) is 121 Å². The van der Waals surface area contributed by atoms with E-state index >= 15 is 0 Å². The molecule has 2 saturated heterocycles. The number of rotatable bonds is 18. The number of hydrogen-bond donors (Lipinski definition) is 2. The first kappa shape index (κ1) is 90.9. The highest BCUT2D eigenvalue weighted by molar-refractivity contribution is 7.85. The van der Waals surface area contributed by atoms with Crippen LogP contribution in [0.1, 0.15) is 211 Å². The fourth-order valence-corrected chi connectivity index (χ4v) is 18.0. The molecule has 3 heterocycles. The molecule has 5 aromatic carbocycles. The van der Waals surface area contributed by atoms with Crippen molar-refractivity contribution in [3.05, 3.63) is 139 Å². The zero-order valence-electron chi connectivity index (χ0n) is 65.6. The van der Waals surface area contributed by atoms with Crippen molar-refractivity contribution in [2.24, 2.45) is 33.5 Å². The molecule has 16 nitrogen and oxygen atoms in total. The van der Waals surface area contributed by atoms with Crippen LogP contribution in [0.25, 0.3) is 25.1 Å². The van der Waals surface area contributed by atoms with Crippen molar-refractivity contribution in [1.29, 1.82) is 0 Å². The summed E-state index contributed by atoms with van der Waals surface area (Å²) in [5, 5.41) is 25.3. The lowest BCUT2D eigenvalue weighted by molar-refractivity contribution is -0.712. The van der Waals surface area contributed by atoms with Crippen LogP contribution in [0.2, 0.25) is 0 Å². The number of nitrogens with two attached hydrogens (primary N) is 1. The number of carbonyl (C=O) groups excluding carboxylic acids is 5. The molecule has 0 spiro atoms. The van der Waals surface area contributed by atoms with Gasteiger partial charge in [-0.15, -0.1) is 0 Å². The maximum atomic E-state index is 13.3. The lowest BCUT2D eigenvalue weighted by Gasteiger charge is -2.60. The number of ether oxygens (including phenoxy) is 5. The molecular formula is C84H108F9NO15S2. The van der Waals surface area contributed by atoms with E-state index in [1.54, 1.807) is 26.0 Å². The van der Waals surface area contributed by atoms with Gasteiger partial charge >= 0.3 is 48.4 Å². The average Bonchev–Trinajstić information content (AvgIpc) is 1.43. The minimum absolute atomic E-state index is 0.00100. The first-order chi connectivity index (χ1) is 51.4. The van der Waals surface area contributed by atoms with Crippen molar-refractivity contribution in [3.8, 4) is 16.4 Å². The summed E-state index contributed by atoms with van der Waals surface area (Å²) < 4.78 is 174. The Labute approximate surface area is 648 Å². The summed E-state index contributed by atoms with van der Waals surface area (Å²) in [6.07, 6.45) is -5.75. The molecule has 111 heavy (non-hydrogen) atoms. The Kier molecular flexibility index (Phi) is 29.5. The predicted octanol–water partition coefficient (Wildman–Crippen LogP) is 18.5. The minimum Gasteiger partial charge on any atom is -0.828 e. The number of piperidine rings is 1. The van der Waals surface area contributed by atoms with E-state index in [1.807, 2.05) is 60.6 Å². The van der Waals surface area contributed by atoms with Crippen molar-refractivity contribution in [2.75, 3.05) is 5.75 Å². The van der Waals surface area contributed by atoms with Gasteiger partial charge < -0.3 is 43.8 Å². The van der Waals surface area contributed by atoms with Crippen LogP contribution in [0.4, 0.5) is 39.5 Å². The van der Waals surface area contributed by atoms with Crippen LogP contribution in [0.5, 0.6) is 11.5 Å². The number of carbonyl (C=O) groups is 5. The van der Waals surface area contributed by atoms with Crippen molar-refractivity contribution < 1.29 is 116 Å². The Bertz CT molecular complexity index is 4140. The SMILES string of the molecule is CCC(C)(C)C(=O)OC1(C)CCCC1.CCC(C)(C)C(=O)OC12CC3CC(C1)CC(C(=O)OC(CS(=O)(=O)[O-])C(F)(F)F)(C3)C2.CCC(C)(C)C(=O)OC1CC2CCC(C1)[NH2+]2.CCC(C)(C)c1ccc(O)cc1.O=C(Oc1ccccc1)C([O-])(C(F)(F)F)C(F)(F)F.c1ccc(-[s+]2c3ccccc3c3ccccc32)cc1. The summed E-state index contributed by atoms with van der Waals surface area (Å²) in [4.78, 5) is 61.8. The maximum Gasteiger partial charge on any atom is 0.426 e. The van der Waals surface area contributed by atoms with Gasteiger partial charge in [-0.2, -0.15) is 39.5 Å². The molecular weight excluding hydrogens is 1500 g/mol. The molecule has 6 bridgehead atoms. The second-order valence-corrected chi connectivity index (χ2v) is 36.7. The van der Waals surface area contributed by atoms with Gasteiger partial charge in [-0.3, -0.25) is 24.0 Å². The topological polar surface area (TPSA) is 249 Å². The van der Waals surface area contributed by atoms with Crippen LogP contribution in [0.15, 0.2) is 133 Å². The molecule has 1 aromatic heterocycles. The largest absolute Gasteiger partial charge is 0.828 e. The summed E-state index contributed by atoms with van der Waals surface area (Å²) >= 11 is 0. The zero-order chi connectivity index (χ0) is 82.8. The monoisotopic (exact) mass is 1610 g/mol. The quantitative estimate of drug-likeness (QED) is 0.0203. The molecule has 27 heteroatoms. The molecule has 6 aromatic rings. The van der Waals surface area contributed by atoms with Crippen LogP contribution >= 0.6 is 10.5 Å². The Morgan fingerprint density at radius 3 is 1.46 bits per heavy atom. The van der Waals surface area contributed by atoms with Crippen LogP contribution in [-0.2, 0) is 58.5 Å². The maximum absolute atomic E-state index is 13.3. The highest BCUT2D eigenvalue weighted by Gasteiger charge is 2.69. The van der Waals surface area contributed by atoms with Gasteiger partial charge in [0.25, 0.3) is 0 Å². The molecule has 614 valence electrons. The van der Waals surface area contributed by atoms with E-state index in [1.165, 1.54) is 74.5 Å². The Balaban J connectivity index is 0.000000191. The molecule has 2 aliphatic heterocycles. The summed E-state index contributed by atoms with van der Waals surface area (Å²) in [6.45, 7) is 25.9. The van der Waals surface area contributed by atoms with Crippen molar-refractivity contribution in [3.63, 3.8) is 0 Å². The van der Waals surface area contributed by atoms with Gasteiger partial charge in [-0.1, -0.05) is 114 Å². The number of alkyl halides is 9. The second-order valence-electron chi connectivity index (χ2n) is 33.3. The number of hydrogen-bond acceptors (Lipinski definition) is 15. The third-order valence-electron chi connectivity index (χ3n) is 22.9. The summed E-state index contributed by atoms with van der Waals surface area (Å²) in [5.74, 6) is -6.72. The summed E-state index contributed by atoms with van der Waals surface area (Å²) in [6, 6.07) is 42.9. The van der Waals surface area contributed by atoms with Crippen LogP contribution < -0.4 is 15.2 Å². The predicted molar refractivity (Wildman–Crippen MR) is 403 cm³/mol. The molecule has 0 radical (unpaired) electrons. The molecule has 5 saturated carbocycles. The Morgan fingerprint density at radius 1 is 0.577 bits per heavy atom. The first-order valence-corrected chi connectivity index (χ1v) is 40.8. The van der Waals surface area contributed by atoms with Crippen LogP contribution in [0, 0.1) is 33.5 Å². The van der Waals surface area contributed by atoms with E-state index in [9.17, 15) is 81.6 Å². The van der Waals surface area contributed by atoms with E-state index in [0.717, 1.165) is 63.5 Å². The number of fused-ring (bicyclic) bond motifs is 5. The van der Waals surface area contributed by atoms with Gasteiger partial charge in [0.15, 0.2) is 19.9 Å². The van der Waals surface area contributed by atoms with E-state index in [4.69, 9.17) is 19.3 Å². The fraction of sp³-hybridized carbons (Fsp3) is 0.583. The number of esters is 5. The number of thiophene rings is 1. The lowest BCUT2D eigenvalue weighted by Crippen LogP contribution is -2.93. The number of halogens is 9. The zero-order valence-corrected chi connectivity index (χ0v) is 67.2. The third-order valence-corrected chi connectivity index (χ3v) is 26.0. The third kappa shape index (κ3) is 23.2. The van der Waals surface area contributed by atoms with E-state index in [0.29, 0.717) is 49.9 Å². The number of para-hydroxylation sites is 1. The minimum atomic E-state index is -6.36. The molecule has 0 amide bonds. The van der Waals surface area contributed by atoms with Crippen molar-refractivity contribution >= 4 is 70.6 Å². The summed E-state index contributed by atoms with van der Waals surface area (Å²) in [7, 11) is -5.21. The van der Waals surface area contributed by atoms with Gasteiger partial charge in [-0.05, 0) is 215 Å². The van der Waals surface area contributed by atoms with Gasteiger partial charge in [0.05, 0.1) is 49.6 Å². The number of quaternary nitrogens is 1. The first-order valence-electron chi connectivity index (χ1n) is 38.0. The van der Waals surface area contributed by atoms with Gasteiger partial charge in [0.1, 0.15) is 28.8 Å². The van der Waals surface area contributed by atoms with E-state index in [-0.39, 0.29) is 68.6 Å². The van der Waals surface area contributed by atoms with Crippen LogP contribution in [0.3, 0.4) is 0 Å². The number of aromatic hydroxyl groups is 1. The van der Waals surface area contributed by atoms with E-state index < -0.39 is 86.2 Å². The Morgan fingerprint density at radius 2 is 1.02 bits per heavy atom. The standard InChI is InChI=1S/C20H29F3O7S.C18H13S.C13H23NO2.C12H22O2.C11H16O.C10H5F6O3/c1-4-17(2,3)15(24)30-19-8-12-5-13(9-19)7-18(6-12,11-19)16(25)29-14(20(21,22)23)10-31(26,27)28;1-2-8-14(9-3-1)19-17-12-6-4-10-15(17)16-11-5-7-13-18(16)19;1-4-13(2,3)12(15)16-11-7-9-5-6-10(8-11)14-9;1-5-11(2,3)10(13)14-12(4)8-6-7-9-12;1-4-11(2,3)9-5-7-10(12)8-6-9;11-9(12,13)8(18,10(14,15)16)7(17)19-6-4-2-1-3-5-6/h12-14H,4-11H2,1-3H3,(H,26,27,28);1-13H;9-11,14H,4-8H2,1-3H3;5-9H2,1-4H3;5-8,12H,4H2,1-3H3;1-5H/q;+1;;;;-1. The second kappa shape index (κ2) is 36.0. The average molecular weight is 1610 g/mol. The molecule has 7 aliphatic rings. The molecule has 3 N–H and O–H groups in total. The smallest absolute Gasteiger partial charge is 0.426 e. The van der Waals surface area contributed by atoms with Crippen molar-refractivity contribution in [2.45, 2.75) is 271 Å². The highest BCUT2D eigenvalue weighted by Crippen LogP contribution is 2.64. The molecule has 5 unspecified atom stereocenters. The molecule has 5 atom stereocenters.